The van der Waals surface area contributed by atoms with Crippen molar-refractivity contribution in [3.63, 3.8) is 0 Å². The normalized spacial score (nSPS) is 11.4. The number of rotatable bonds is 9. The number of hydrogen-bond donors (Lipinski definition) is 0. The molecule has 0 amide bonds. The van der Waals surface area contributed by atoms with Gasteiger partial charge in [-0.15, -0.1) is 0 Å². The molecule has 0 saturated heterocycles. The van der Waals surface area contributed by atoms with Crippen LogP contribution in [0.2, 0.25) is 0 Å². The molecule has 3 aromatic rings. The summed E-state index contributed by atoms with van der Waals surface area (Å²) in [4.78, 5) is 13.7. The summed E-state index contributed by atoms with van der Waals surface area (Å²) in [5.74, 6) is 2.27. The van der Waals surface area contributed by atoms with Gasteiger partial charge in [-0.1, -0.05) is 18.2 Å². The van der Waals surface area contributed by atoms with Crippen molar-refractivity contribution >= 4 is 5.78 Å². The summed E-state index contributed by atoms with van der Waals surface area (Å²) in [6.45, 7) is 0. The van der Waals surface area contributed by atoms with E-state index in [4.69, 9.17) is 23.7 Å². The first-order chi connectivity index (χ1) is 15.1. The van der Waals surface area contributed by atoms with Gasteiger partial charge < -0.3 is 23.7 Å². The van der Waals surface area contributed by atoms with Crippen molar-refractivity contribution in [1.29, 1.82) is 0 Å². The fourth-order valence-electron chi connectivity index (χ4n) is 3.48. The Labute approximate surface area is 182 Å². The van der Waals surface area contributed by atoms with Crippen molar-refractivity contribution in [1.82, 2.24) is 0 Å². The maximum atomic E-state index is 13.7. The molecule has 0 fully saturated rings. The number of benzene rings is 3. The molecule has 0 N–H and O–H groups in total. The van der Waals surface area contributed by atoms with Crippen LogP contribution >= 0.6 is 0 Å². The summed E-state index contributed by atoms with van der Waals surface area (Å²) in [5, 5.41) is 0. The molecule has 0 bridgehead atoms. The Morgan fingerprint density at radius 2 is 1.10 bits per heavy atom. The quantitative estimate of drug-likeness (QED) is 0.464. The summed E-state index contributed by atoms with van der Waals surface area (Å²) >= 11 is 0. The number of carbonyl (C=O) groups excluding carboxylic acids is 1. The van der Waals surface area contributed by atoms with Gasteiger partial charge in [-0.2, -0.15) is 0 Å². The molecule has 0 spiro atoms. The number of methoxy groups -OCH3 is 5. The van der Waals surface area contributed by atoms with E-state index in [1.54, 1.807) is 59.8 Å². The predicted molar refractivity (Wildman–Crippen MR) is 118 cm³/mol. The molecule has 0 aliphatic carbocycles. The van der Waals surface area contributed by atoms with Gasteiger partial charge in [0.15, 0.2) is 28.8 Å². The van der Waals surface area contributed by atoms with Crippen LogP contribution in [0.25, 0.3) is 0 Å². The number of carbonyl (C=O) groups is 1. The van der Waals surface area contributed by atoms with E-state index in [-0.39, 0.29) is 5.78 Å². The summed E-state index contributed by atoms with van der Waals surface area (Å²) in [6.07, 6.45) is 0. The highest BCUT2D eigenvalue weighted by Crippen LogP contribution is 2.37. The Hall–Kier alpha value is -3.67. The summed E-state index contributed by atoms with van der Waals surface area (Å²) < 4.78 is 26.8. The maximum absolute atomic E-state index is 13.7. The van der Waals surface area contributed by atoms with E-state index in [1.165, 1.54) is 0 Å². The van der Waals surface area contributed by atoms with E-state index >= 15 is 0 Å². The van der Waals surface area contributed by atoms with E-state index in [0.717, 1.165) is 11.1 Å². The molecular weight excluding hydrogens is 396 g/mol. The van der Waals surface area contributed by atoms with Crippen LogP contribution < -0.4 is 23.7 Å². The first-order valence-electron chi connectivity index (χ1n) is 9.68. The molecular formula is C25H26O6. The lowest BCUT2D eigenvalue weighted by Gasteiger charge is -2.20. The zero-order chi connectivity index (χ0) is 22.4. The van der Waals surface area contributed by atoms with E-state index in [2.05, 4.69) is 0 Å². The zero-order valence-electron chi connectivity index (χ0n) is 18.3. The fraction of sp³-hybridized carbons (Fsp3) is 0.240. The van der Waals surface area contributed by atoms with Crippen LogP contribution in [0.4, 0.5) is 0 Å². The van der Waals surface area contributed by atoms with Gasteiger partial charge in [-0.05, 0) is 53.6 Å². The van der Waals surface area contributed by atoms with Crippen LogP contribution in [0, 0.1) is 0 Å². The third-order valence-corrected chi connectivity index (χ3v) is 5.12. The fourth-order valence-corrected chi connectivity index (χ4v) is 3.48. The van der Waals surface area contributed by atoms with Crippen LogP contribution in [0.1, 0.15) is 27.4 Å². The Bertz CT molecular complexity index is 1040. The first-order valence-corrected chi connectivity index (χ1v) is 9.68. The van der Waals surface area contributed by atoms with Crippen LogP contribution in [-0.4, -0.2) is 41.3 Å². The minimum Gasteiger partial charge on any atom is -0.497 e. The molecule has 0 aromatic heterocycles. The summed E-state index contributed by atoms with van der Waals surface area (Å²) in [5.41, 5.74) is 2.11. The van der Waals surface area contributed by atoms with Crippen molar-refractivity contribution in [2.75, 3.05) is 35.5 Å². The highest BCUT2D eigenvalue weighted by molar-refractivity contribution is 6.03. The van der Waals surface area contributed by atoms with Gasteiger partial charge >= 0.3 is 0 Å². The van der Waals surface area contributed by atoms with Crippen LogP contribution in [0.15, 0.2) is 60.7 Å². The van der Waals surface area contributed by atoms with E-state index < -0.39 is 5.92 Å². The van der Waals surface area contributed by atoms with Crippen molar-refractivity contribution in [3.8, 4) is 28.7 Å². The SMILES string of the molecule is COc1ccc(C(C(=O)c2ccc(OC)c(OC)c2)c2ccc(OC)c(OC)c2)cc1. The Balaban J connectivity index is 2.12. The average molecular weight is 422 g/mol. The standard InChI is InChI=1S/C25H26O6/c1-27-19-10-6-16(7-11-19)24(17-8-12-20(28-2)22(14-17)30-4)25(26)18-9-13-21(29-3)23(15-18)31-5/h6-15,24H,1-5H3. The predicted octanol–water partition coefficient (Wildman–Crippen LogP) is 4.74. The Kier molecular flexibility index (Phi) is 7.03. The second kappa shape index (κ2) is 9.89. The minimum absolute atomic E-state index is 0.0849. The third-order valence-electron chi connectivity index (χ3n) is 5.12. The van der Waals surface area contributed by atoms with E-state index in [9.17, 15) is 4.79 Å². The van der Waals surface area contributed by atoms with E-state index in [1.807, 2.05) is 36.4 Å². The lowest BCUT2D eigenvalue weighted by atomic mass is 9.84. The molecule has 0 heterocycles. The van der Waals surface area contributed by atoms with Crippen molar-refractivity contribution in [3.05, 3.63) is 77.4 Å². The van der Waals surface area contributed by atoms with Gasteiger partial charge in [-0.25, -0.2) is 0 Å². The molecule has 0 aliphatic rings. The smallest absolute Gasteiger partial charge is 0.174 e. The third kappa shape index (κ3) is 4.58. The maximum Gasteiger partial charge on any atom is 0.174 e. The molecule has 1 atom stereocenters. The van der Waals surface area contributed by atoms with E-state index in [0.29, 0.717) is 34.3 Å². The summed E-state index contributed by atoms with van der Waals surface area (Å²) in [7, 11) is 7.85. The van der Waals surface area contributed by atoms with Crippen LogP contribution in [0.3, 0.4) is 0 Å². The lowest BCUT2D eigenvalue weighted by Crippen LogP contribution is -2.15. The molecule has 6 nitrogen and oxygen atoms in total. The van der Waals surface area contributed by atoms with Crippen molar-refractivity contribution in [2.45, 2.75) is 5.92 Å². The number of ether oxygens (including phenoxy) is 5. The van der Waals surface area contributed by atoms with Crippen molar-refractivity contribution < 1.29 is 28.5 Å². The van der Waals surface area contributed by atoms with Gasteiger partial charge in [-0.3, -0.25) is 4.79 Å². The van der Waals surface area contributed by atoms with Gasteiger partial charge in [0, 0.05) is 5.56 Å². The molecule has 31 heavy (non-hydrogen) atoms. The molecule has 3 aromatic carbocycles. The Morgan fingerprint density at radius 3 is 1.65 bits per heavy atom. The van der Waals surface area contributed by atoms with Crippen LogP contribution in [0.5, 0.6) is 28.7 Å². The molecule has 0 saturated carbocycles. The minimum atomic E-state index is -0.566. The van der Waals surface area contributed by atoms with Crippen molar-refractivity contribution in [2.24, 2.45) is 0 Å². The van der Waals surface area contributed by atoms with Gasteiger partial charge in [0.1, 0.15) is 5.75 Å². The molecule has 6 heteroatoms. The Morgan fingerprint density at radius 1 is 0.581 bits per heavy atom. The largest absolute Gasteiger partial charge is 0.497 e. The highest BCUT2D eigenvalue weighted by atomic mass is 16.5. The lowest BCUT2D eigenvalue weighted by molar-refractivity contribution is 0.0973. The van der Waals surface area contributed by atoms with Crippen LogP contribution in [-0.2, 0) is 0 Å². The van der Waals surface area contributed by atoms with Gasteiger partial charge in [0.05, 0.1) is 41.5 Å². The topological polar surface area (TPSA) is 63.2 Å². The molecule has 0 aliphatic heterocycles. The molecule has 0 radical (unpaired) electrons. The average Bonchev–Trinajstić information content (AvgIpc) is 2.83. The van der Waals surface area contributed by atoms with Gasteiger partial charge in [0.2, 0.25) is 0 Å². The number of hydrogen-bond acceptors (Lipinski definition) is 6. The monoisotopic (exact) mass is 422 g/mol. The highest BCUT2D eigenvalue weighted by Gasteiger charge is 2.26. The second-order valence-electron chi connectivity index (χ2n) is 6.75. The van der Waals surface area contributed by atoms with Gasteiger partial charge in [0.25, 0.3) is 0 Å². The summed E-state index contributed by atoms with van der Waals surface area (Å²) in [6, 6.07) is 18.1. The second-order valence-corrected chi connectivity index (χ2v) is 6.75. The number of ketones is 1. The molecule has 1 unspecified atom stereocenters. The molecule has 162 valence electrons. The zero-order valence-corrected chi connectivity index (χ0v) is 18.3. The molecule has 3 rings (SSSR count). The first kappa shape index (κ1) is 22.0. The number of Topliss-reactive ketones (excluding diaryl/α,β-unsaturated/α-hetero) is 1.